The maximum absolute atomic E-state index is 12.4. The minimum Gasteiger partial charge on any atom is -0.326 e. The largest absolute Gasteiger partial charge is 0.326 e. The van der Waals surface area contributed by atoms with Crippen LogP contribution in [0.1, 0.15) is 71.6 Å². The Morgan fingerprint density at radius 1 is 1.32 bits per heavy atom. The first-order valence-corrected chi connectivity index (χ1v) is 11.4. The van der Waals surface area contributed by atoms with Gasteiger partial charge in [0, 0.05) is 55.4 Å². The van der Waals surface area contributed by atoms with Gasteiger partial charge in [0.1, 0.15) is 6.29 Å². The summed E-state index contributed by atoms with van der Waals surface area (Å²) in [4.78, 5) is 35.4. The predicted molar refractivity (Wildman–Crippen MR) is 125 cm³/mol. The van der Waals surface area contributed by atoms with Gasteiger partial charge in [0.05, 0.1) is 0 Å². The zero-order chi connectivity index (χ0) is 22.5. The molecular weight excluding hydrogens is 392 g/mol. The number of aldehydes is 1. The number of unbranched alkanes of at least 4 members (excludes halogenated alkanes) is 2. The number of aryl methyl sites for hydroxylation is 1. The standard InChI is InChI=1S/C24H36N4O3/c1-3-4-12-25-28(18-20(2)19-29)14-8-7-13-27-15-11-22(17-24(27)31)26-23(30)16-21-9-5-6-10-21/h11-12,15,17-19,21H,3-10,13-14,16H2,1-2H3,(H,26,30)/b20-18+,25-12+. The molecule has 0 radical (unpaired) electrons. The lowest BCUT2D eigenvalue weighted by Gasteiger charge is -2.15. The van der Waals surface area contributed by atoms with Crippen molar-refractivity contribution >= 4 is 24.1 Å². The van der Waals surface area contributed by atoms with Crippen molar-refractivity contribution in [3.05, 3.63) is 40.5 Å². The van der Waals surface area contributed by atoms with E-state index in [0.717, 1.165) is 44.8 Å². The molecule has 7 nitrogen and oxygen atoms in total. The minimum atomic E-state index is -0.117. The number of nitrogens with zero attached hydrogens (tertiary/aromatic N) is 3. The fourth-order valence-electron chi connectivity index (χ4n) is 3.73. The van der Waals surface area contributed by atoms with Crippen LogP contribution >= 0.6 is 0 Å². The summed E-state index contributed by atoms with van der Waals surface area (Å²) in [6, 6.07) is 3.27. The van der Waals surface area contributed by atoms with Crippen LogP contribution in [-0.2, 0) is 16.1 Å². The van der Waals surface area contributed by atoms with Gasteiger partial charge in [-0.15, -0.1) is 0 Å². The summed E-state index contributed by atoms with van der Waals surface area (Å²) in [6.45, 7) is 5.11. The maximum atomic E-state index is 12.4. The number of anilines is 1. The molecule has 1 aromatic heterocycles. The van der Waals surface area contributed by atoms with E-state index in [1.807, 2.05) is 6.21 Å². The van der Waals surface area contributed by atoms with Crippen molar-refractivity contribution in [1.82, 2.24) is 9.58 Å². The normalized spacial score (nSPS) is 14.8. The molecule has 1 aliphatic rings. The molecule has 2 rings (SSSR count). The summed E-state index contributed by atoms with van der Waals surface area (Å²) in [5.74, 6) is 0.475. The number of hydrogen-bond acceptors (Lipinski definition) is 5. The molecule has 1 N–H and O–H groups in total. The number of amides is 1. The molecule has 0 unspecified atom stereocenters. The number of allylic oxidation sites excluding steroid dienone is 1. The fourth-order valence-corrected chi connectivity index (χ4v) is 3.73. The van der Waals surface area contributed by atoms with Crippen molar-refractivity contribution in [2.24, 2.45) is 11.0 Å². The lowest BCUT2D eigenvalue weighted by atomic mass is 10.0. The molecule has 0 atom stereocenters. The summed E-state index contributed by atoms with van der Waals surface area (Å²) in [5, 5.41) is 9.04. The number of hydrogen-bond donors (Lipinski definition) is 1. The Morgan fingerprint density at radius 3 is 2.77 bits per heavy atom. The summed E-state index contributed by atoms with van der Waals surface area (Å²) in [6.07, 6.45) is 14.9. The Labute approximate surface area is 185 Å². The van der Waals surface area contributed by atoms with Crippen molar-refractivity contribution < 1.29 is 9.59 Å². The second-order valence-corrected chi connectivity index (χ2v) is 8.30. The number of pyridine rings is 1. The molecule has 0 spiro atoms. The Bertz CT molecular complexity index is 822. The molecule has 0 aliphatic heterocycles. The molecule has 0 aromatic carbocycles. The highest BCUT2D eigenvalue weighted by Crippen LogP contribution is 2.27. The third-order valence-electron chi connectivity index (χ3n) is 5.45. The Balaban J connectivity index is 1.81. The van der Waals surface area contributed by atoms with Gasteiger partial charge in [-0.25, -0.2) is 0 Å². The highest BCUT2D eigenvalue weighted by atomic mass is 16.2. The van der Waals surface area contributed by atoms with Gasteiger partial charge >= 0.3 is 0 Å². The van der Waals surface area contributed by atoms with Crippen LogP contribution in [0.5, 0.6) is 0 Å². The smallest absolute Gasteiger partial charge is 0.252 e. The van der Waals surface area contributed by atoms with Crippen LogP contribution in [0.25, 0.3) is 0 Å². The fraction of sp³-hybridized carbons (Fsp3) is 0.583. The topological polar surface area (TPSA) is 83.8 Å². The van der Waals surface area contributed by atoms with Crippen molar-refractivity contribution in [3.8, 4) is 0 Å². The van der Waals surface area contributed by atoms with Gasteiger partial charge in [0.25, 0.3) is 5.56 Å². The van der Waals surface area contributed by atoms with Crippen molar-refractivity contribution in [3.63, 3.8) is 0 Å². The molecule has 0 bridgehead atoms. The van der Waals surface area contributed by atoms with Crippen LogP contribution in [0.15, 0.2) is 40.0 Å². The minimum absolute atomic E-state index is 0.00792. The summed E-state index contributed by atoms with van der Waals surface area (Å²) < 4.78 is 1.66. The zero-order valence-electron chi connectivity index (χ0n) is 18.9. The van der Waals surface area contributed by atoms with E-state index < -0.39 is 0 Å². The van der Waals surface area contributed by atoms with Gasteiger partial charge in [-0.1, -0.05) is 26.2 Å². The van der Waals surface area contributed by atoms with Crippen LogP contribution < -0.4 is 10.9 Å². The molecule has 1 amide bonds. The Morgan fingerprint density at radius 2 is 2.10 bits per heavy atom. The zero-order valence-corrected chi connectivity index (χ0v) is 18.9. The predicted octanol–water partition coefficient (Wildman–Crippen LogP) is 4.34. The molecule has 7 heteroatoms. The summed E-state index contributed by atoms with van der Waals surface area (Å²) in [7, 11) is 0. The van der Waals surface area contributed by atoms with Gasteiger partial charge in [0.2, 0.25) is 5.91 Å². The van der Waals surface area contributed by atoms with Crippen LogP contribution in [0, 0.1) is 5.92 Å². The third kappa shape index (κ3) is 9.32. The molecule has 1 saturated carbocycles. The summed E-state index contributed by atoms with van der Waals surface area (Å²) >= 11 is 0. The number of nitrogens with one attached hydrogen (secondary N) is 1. The first-order chi connectivity index (χ1) is 15.0. The molecule has 1 heterocycles. The second-order valence-electron chi connectivity index (χ2n) is 8.30. The third-order valence-corrected chi connectivity index (χ3v) is 5.45. The lowest BCUT2D eigenvalue weighted by Crippen LogP contribution is -2.22. The molecular formula is C24H36N4O3. The van der Waals surface area contributed by atoms with E-state index in [1.165, 1.54) is 18.9 Å². The lowest BCUT2D eigenvalue weighted by molar-refractivity contribution is -0.117. The molecule has 1 aliphatic carbocycles. The van der Waals surface area contributed by atoms with Gasteiger partial charge in [-0.3, -0.25) is 19.4 Å². The van der Waals surface area contributed by atoms with Crippen LogP contribution in [0.4, 0.5) is 5.69 Å². The number of carbonyl (C=O) groups is 2. The molecule has 170 valence electrons. The molecule has 1 aromatic rings. The number of rotatable bonds is 13. The Kier molecular flexibility index (Phi) is 10.8. The Hall–Kier alpha value is -2.70. The van der Waals surface area contributed by atoms with Gasteiger partial charge < -0.3 is 9.88 Å². The van der Waals surface area contributed by atoms with E-state index in [9.17, 15) is 14.4 Å². The number of hydrazone groups is 1. The van der Waals surface area contributed by atoms with E-state index in [1.54, 1.807) is 35.0 Å². The average Bonchev–Trinajstić information content (AvgIpc) is 3.25. The van der Waals surface area contributed by atoms with E-state index >= 15 is 0 Å². The quantitative estimate of drug-likeness (QED) is 0.167. The van der Waals surface area contributed by atoms with Crippen LogP contribution in [0.2, 0.25) is 0 Å². The molecule has 1 fully saturated rings. The van der Waals surface area contributed by atoms with Crippen molar-refractivity contribution in [2.75, 3.05) is 11.9 Å². The van der Waals surface area contributed by atoms with E-state index in [2.05, 4.69) is 17.3 Å². The van der Waals surface area contributed by atoms with E-state index in [0.29, 0.717) is 36.7 Å². The first-order valence-electron chi connectivity index (χ1n) is 11.4. The first kappa shape index (κ1) is 24.6. The second kappa shape index (κ2) is 13.6. The SMILES string of the molecule is CCC/C=N/N(/C=C(\C)C=O)CCCCn1ccc(NC(=O)CC2CCCC2)cc1=O. The van der Waals surface area contributed by atoms with Crippen molar-refractivity contribution in [1.29, 1.82) is 0 Å². The highest BCUT2D eigenvalue weighted by Gasteiger charge is 2.18. The van der Waals surface area contributed by atoms with Gasteiger partial charge in [-0.05, 0) is 51.0 Å². The van der Waals surface area contributed by atoms with Gasteiger partial charge in [0.15, 0.2) is 0 Å². The van der Waals surface area contributed by atoms with Crippen molar-refractivity contribution in [2.45, 2.75) is 78.2 Å². The van der Waals surface area contributed by atoms with Gasteiger partial charge in [-0.2, -0.15) is 5.10 Å². The molecule has 0 saturated heterocycles. The number of aromatic nitrogens is 1. The van der Waals surface area contributed by atoms with Crippen LogP contribution in [-0.4, -0.2) is 34.5 Å². The monoisotopic (exact) mass is 428 g/mol. The highest BCUT2D eigenvalue weighted by molar-refractivity contribution is 5.90. The van der Waals surface area contributed by atoms with Crippen LogP contribution in [0.3, 0.4) is 0 Å². The average molecular weight is 429 g/mol. The maximum Gasteiger partial charge on any atom is 0.252 e. The molecule has 31 heavy (non-hydrogen) atoms. The van der Waals surface area contributed by atoms with E-state index in [4.69, 9.17) is 0 Å². The summed E-state index contributed by atoms with van der Waals surface area (Å²) in [5.41, 5.74) is 1.07. The van der Waals surface area contributed by atoms with E-state index in [-0.39, 0.29) is 11.5 Å². The number of carbonyl (C=O) groups excluding carboxylic acids is 2.